The fourth-order valence-electron chi connectivity index (χ4n) is 4.07. The standard InChI is InChI=1S/C23H24F6N8O4/c1-12(34-14-9-33-35-20(39)17(14)23(27,28)29)11-41-15-3-4-30-19(18(15)40-2)37-6-5-36(10-16(37)38)21-31-7-13(8-32-21)22(24,25)26/h3-4,7-9,12,16,38H,5-6,10-11H2,1-2H3,(H2,34,35,39)/t12-,16-/m0/s1. The third kappa shape index (κ3) is 6.69. The number of ether oxygens (including phenoxy) is 2. The minimum atomic E-state index is -4.91. The van der Waals surface area contributed by atoms with Crippen molar-refractivity contribution in [1.82, 2.24) is 25.1 Å². The lowest BCUT2D eigenvalue weighted by Gasteiger charge is -2.39. The SMILES string of the molecule is COc1c(OC[C@H](C)Nc2cn[nH]c(=O)c2C(F)(F)F)ccnc1N1CCN(c2ncc(C(F)(F)F)cn2)C[C@@H]1O. The maximum atomic E-state index is 13.3. The summed E-state index contributed by atoms with van der Waals surface area (Å²) in [4.78, 5) is 26.5. The van der Waals surface area contributed by atoms with Gasteiger partial charge in [-0.25, -0.2) is 20.1 Å². The maximum absolute atomic E-state index is 13.3. The molecule has 0 saturated carbocycles. The van der Waals surface area contributed by atoms with Crippen molar-refractivity contribution in [3.63, 3.8) is 0 Å². The van der Waals surface area contributed by atoms with Crippen LogP contribution in [0.15, 0.2) is 35.6 Å². The van der Waals surface area contributed by atoms with Gasteiger partial charge in [-0.15, -0.1) is 0 Å². The number of aliphatic hydroxyl groups is 1. The van der Waals surface area contributed by atoms with Crippen molar-refractivity contribution in [1.29, 1.82) is 0 Å². The molecule has 1 fully saturated rings. The van der Waals surface area contributed by atoms with Crippen LogP contribution in [-0.2, 0) is 12.4 Å². The molecule has 1 aliphatic rings. The van der Waals surface area contributed by atoms with Gasteiger partial charge in [0, 0.05) is 37.7 Å². The average molecular weight is 590 g/mol. The van der Waals surface area contributed by atoms with Gasteiger partial charge in [0.15, 0.2) is 11.6 Å². The average Bonchev–Trinajstić information content (AvgIpc) is 2.90. The van der Waals surface area contributed by atoms with Gasteiger partial charge < -0.3 is 29.7 Å². The van der Waals surface area contributed by atoms with Gasteiger partial charge in [0.2, 0.25) is 11.7 Å². The number of methoxy groups -OCH3 is 1. The largest absolute Gasteiger partial charge is 0.490 e. The Morgan fingerprint density at radius 3 is 2.44 bits per heavy atom. The van der Waals surface area contributed by atoms with Crippen molar-refractivity contribution < 1.29 is 40.9 Å². The van der Waals surface area contributed by atoms with E-state index in [2.05, 4.69) is 25.4 Å². The Bertz CT molecular complexity index is 1400. The van der Waals surface area contributed by atoms with Crippen LogP contribution in [0.5, 0.6) is 11.5 Å². The lowest BCUT2D eigenvalue weighted by molar-refractivity contribution is -0.139. The quantitative estimate of drug-likeness (QED) is 0.333. The van der Waals surface area contributed by atoms with Crippen LogP contribution in [0.25, 0.3) is 0 Å². The smallest absolute Gasteiger partial charge is 0.423 e. The van der Waals surface area contributed by atoms with Crippen LogP contribution in [0.1, 0.15) is 18.1 Å². The monoisotopic (exact) mass is 590 g/mol. The molecule has 4 rings (SSSR count). The summed E-state index contributed by atoms with van der Waals surface area (Å²) in [6.07, 6.45) is -7.11. The molecule has 3 aromatic heterocycles. The molecule has 3 N–H and O–H groups in total. The minimum absolute atomic E-state index is 0.0134. The zero-order valence-electron chi connectivity index (χ0n) is 21.5. The van der Waals surface area contributed by atoms with E-state index >= 15 is 0 Å². The molecule has 0 bridgehead atoms. The first kappa shape index (κ1) is 29.6. The van der Waals surface area contributed by atoms with E-state index in [9.17, 15) is 36.2 Å². The maximum Gasteiger partial charge on any atom is 0.423 e. The fraction of sp³-hybridized carbons (Fsp3) is 0.435. The van der Waals surface area contributed by atoms with Crippen molar-refractivity contribution in [2.45, 2.75) is 31.5 Å². The number of rotatable bonds is 8. The molecule has 1 aliphatic heterocycles. The molecule has 0 amide bonds. The molecule has 0 unspecified atom stereocenters. The normalized spacial score (nSPS) is 16.9. The Morgan fingerprint density at radius 2 is 1.83 bits per heavy atom. The Hall–Kier alpha value is -4.35. The first-order valence-electron chi connectivity index (χ1n) is 12.0. The van der Waals surface area contributed by atoms with Crippen LogP contribution in [0.3, 0.4) is 0 Å². The fourth-order valence-corrected chi connectivity index (χ4v) is 4.07. The van der Waals surface area contributed by atoms with Crippen molar-refractivity contribution >= 4 is 17.5 Å². The first-order valence-corrected chi connectivity index (χ1v) is 12.0. The van der Waals surface area contributed by atoms with Crippen molar-refractivity contribution in [3.05, 3.63) is 52.3 Å². The van der Waals surface area contributed by atoms with Gasteiger partial charge in [0.25, 0.3) is 5.56 Å². The van der Waals surface area contributed by atoms with E-state index in [0.717, 1.165) is 6.20 Å². The molecule has 3 aromatic rings. The summed E-state index contributed by atoms with van der Waals surface area (Å²) >= 11 is 0. The molecule has 41 heavy (non-hydrogen) atoms. The summed E-state index contributed by atoms with van der Waals surface area (Å²) in [6.45, 7) is 1.69. The summed E-state index contributed by atoms with van der Waals surface area (Å²) in [5, 5.41) is 18.6. The number of H-pyrrole nitrogens is 1. The summed E-state index contributed by atoms with van der Waals surface area (Å²) < 4.78 is 89.6. The van der Waals surface area contributed by atoms with Gasteiger partial charge in [-0.2, -0.15) is 31.4 Å². The number of aromatic amines is 1. The number of nitrogens with one attached hydrogen (secondary N) is 2. The molecule has 2 atom stereocenters. The number of anilines is 3. The lowest BCUT2D eigenvalue weighted by atomic mass is 10.2. The van der Waals surface area contributed by atoms with Crippen LogP contribution >= 0.6 is 0 Å². The number of nitrogens with zero attached hydrogens (tertiary/aromatic N) is 6. The number of β-amino-alcohol motifs (C(OH)–C–C–N with tert-alkyl or cyclic N) is 1. The second-order valence-electron chi connectivity index (χ2n) is 8.90. The van der Waals surface area contributed by atoms with Gasteiger partial charge in [-0.3, -0.25) is 4.79 Å². The summed E-state index contributed by atoms with van der Waals surface area (Å²) in [5.74, 6) is 0.516. The number of aromatic nitrogens is 5. The molecule has 18 heteroatoms. The Labute approximate surface area is 228 Å². The highest BCUT2D eigenvalue weighted by Crippen LogP contribution is 2.37. The molecule has 1 saturated heterocycles. The minimum Gasteiger partial charge on any atom is -0.490 e. The van der Waals surface area contributed by atoms with E-state index in [1.165, 1.54) is 36.1 Å². The third-order valence-corrected chi connectivity index (χ3v) is 5.96. The first-order chi connectivity index (χ1) is 19.3. The zero-order chi connectivity index (χ0) is 29.9. The highest BCUT2D eigenvalue weighted by atomic mass is 19.4. The zero-order valence-corrected chi connectivity index (χ0v) is 21.5. The number of pyridine rings is 1. The second kappa shape index (κ2) is 11.6. The molecule has 12 nitrogen and oxygen atoms in total. The van der Waals surface area contributed by atoms with Gasteiger partial charge in [0.05, 0.1) is 37.1 Å². The van der Waals surface area contributed by atoms with E-state index < -0.39 is 47.0 Å². The van der Waals surface area contributed by atoms with E-state index in [1.807, 2.05) is 0 Å². The highest BCUT2D eigenvalue weighted by Gasteiger charge is 2.38. The van der Waals surface area contributed by atoms with Crippen molar-refractivity contribution in [2.24, 2.45) is 0 Å². The topological polar surface area (TPSA) is 142 Å². The van der Waals surface area contributed by atoms with Crippen LogP contribution in [0.2, 0.25) is 0 Å². The molecule has 0 aromatic carbocycles. The lowest BCUT2D eigenvalue weighted by Crippen LogP contribution is -2.54. The molecule has 0 aliphatic carbocycles. The predicted molar refractivity (Wildman–Crippen MR) is 132 cm³/mol. The molecule has 0 spiro atoms. The van der Waals surface area contributed by atoms with Crippen LogP contribution in [0, 0.1) is 0 Å². The van der Waals surface area contributed by atoms with Crippen molar-refractivity contribution in [2.75, 3.05) is 48.5 Å². The van der Waals surface area contributed by atoms with Crippen LogP contribution < -0.4 is 30.1 Å². The molecule has 4 heterocycles. The van der Waals surface area contributed by atoms with Gasteiger partial charge in [-0.05, 0) is 6.92 Å². The number of halogens is 6. The number of hydrogen-bond acceptors (Lipinski definition) is 11. The Balaban J connectivity index is 1.44. The Kier molecular flexibility index (Phi) is 8.41. The molecular formula is C23H24F6N8O4. The molecule has 222 valence electrons. The number of aliphatic hydroxyl groups excluding tert-OH is 1. The number of alkyl halides is 6. The third-order valence-electron chi connectivity index (χ3n) is 5.96. The van der Waals surface area contributed by atoms with Gasteiger partial charge in [0.1, 0.15) is 18.4 Å². The predicted octanol–water partition coefficient (Wildman–Crippen LogP) is 2.53. The molecular weight excluding hydrogens is 566 g/mol. The summed E-state index contributed by atoms with van der Waals surface area (Å²) in [6, 6.07) is 0.739. The van der Waals surface area contributed by atoms with Crippen LogP contribution in [-0.4, -0.2) is 75.9 Å². The van der Waals surface area contributed by atoms with E-state index in [1.54, 1.807) is 5.10 Å². The number of piperazine rings is 1. The second-order valence-corrected chi connectivity index (χ2v) is 8.90. The van der Waals surface area contributed by atoms with Crippen LogP contribution in [0.4, 0.5) is 43.8 Å². The molecule has 0 radical (unpaired) electrons. The van der Waals surface area contributed by atoms with E-state index in [-0.39, 0.29) is 49.5 Å². The van der Waals surface area contributed by atoms with Crippen molar-refractivity contribution in [3.8, 4) is 11.5 Å². The summed E-state index contributed by atoms with van der Waals surface area (Å²) in [7, 11) is 1.34. The summed E-state index contributed by atoms with van der Waals surface area (Å²) in [5.41, 5.74) is -4.32. The van der Waals surface area contributed by atoms with Gasteiger partial charge in [-0.1, -0.05) is 0 Å². The van der Waals surface area contributed by atoms with E-state index in [4.69, 9.17) is 9.47 Å². The Morgan fingerprint density at radius 1 is 1.12 bits per heavy atom. The highest BCUT2D eigenvalue weighted by molar-refractivity contribution is 5.61. The van der Waals surface area contributed by atoms with E-state index in [0.29, 0.717) is 12.4 Å². The number of hydrogen-bond donors (Lipinski definition) is 3. The van der Waals surface area contributed by atoms with Gasteiger partial charge >= 0.3 is 12.4 Å².